The Morgan fingerprint density at radius 3 is 2.30 bits per heavy atom. The van der Waals surface area contributed by atoms with Crippen LogP contribution in [0, 0.1) is 6.92 Å². The number of hydrogen-bond donors (Lipinski definition) is 2. The summed E-state index contributed by atoms with van der Waals surface area (Å²) >= 11 is 0. The van der Waals surface area contributed by atoms with E-state index in [0.29, 0.717) is 12.2 Å². The van der Waals surface area contributed by atoms with E-state index in [1.165, 1.54) is 24.3 Å². The topological polar surface area (TPSA) is 62.9 Å². The molecule has 0 heterocycles. The normalized spacial score (nSPS) is 11.6. The minimum atomic E-state index is -4.71. The number of halogens is 4. The zero-order valence-electron chi connectivity index (χ0n) is 15.2. The summed E-state index contributed by atoms with van der Waals surface area (Å²) in [5.41, 5.74) is 9.59. The molecule has 27 heavy (non-hydrogen) atoms. The first-order chi connectivity index (χ1) is 12.1. The number of rotatable bonds is 5. The maximum absolute atomic E-state index is 12.1. The smallest absolute Gasteiger partial charge is 0.406 e. The molecular formula is C18H22F3IN4O. The third-order valence-corrected chi connectivity index (χ3v) is 3.62. The van der Waals surface area contributed by atoms with Crippen LogP contribution in [0.5, 0.6) is 5.75 Å². The van der Waals surface area contributed by atoms with Gasteiger partial charge in [0.25, 0.3) is 0 Å². The van der Waals surface area contributed by atoms with E-state index in [1.54, 1.807) is 0 Å². The number of nitrogens with zero attached hydrogens (tertiary/aromatic N) is 2. The van der Waals surface area contributed by atoms with Crippen molar-refractivity contribution in [1.29, 1.82) is 0 Å². The highest BCUT2D eigenvalue weighted by Crippen LogP contribution is 2.24. The molecule has 2 aromatic carbocycles. The predicted octanol–water partition coefficient (Wildman–Crippen LogP) is 4.50. The van der Waals surface area contributed by atoms with Crippen LogP contribution >= 0.6 is 24.0 Å². The average Bonchev–Trinajstić information content (AvgIpc) is 2.54. The van der Waals surface area contributed by atoms with Gasteiger partial charge in [-0.1, -0.05) is 6.07 Å². The fourth-order valence-corrected chi connectivity index (χ4v) is 2.23. The molecule has 0 saturated carbocycles. The van der Waals surface area contributed by atoms with E-state index in [9.17, 15) is 13.2 Å². The molecule has 0 aliphatic heterocycles. The Hall–Kier alpha value is -2.17. The molecule has 0 atom stereocenters. The minimum absolute atomic E-state index is 0. The van der Waals surface area contributed by atoms with Gasteiger partial charge in [-0.05, 0) is 54.4 Å². The molecule has 2 aromatic rings. The molecule has 0 amide bonds. The van der Waals surface area contributed by atoms with Crippen LogP contribution in [0.25, 0.3) is 0 Å². The second-order valence-corrected chi connectivity index (χ2v) is 5.90. The number of anilines is 2. The molecule has 0 bridgehead atoms. The molecule has 9 heteroatoms. The number of nitrogens with one attached hydrogen (secondary N) is 1. The standard InChI is InChI=1S/C18H21F3N4O.HI/c1-12-10-15(25(2)3)7-4-13(12)11-23-17(22)24-14-5-8-16(9-6-14)26-18(19,20)21;/h4-10H,11H2,1-3H3,(H3,22,23,24);1H. The Labute approximate surface area is 173 Å². The maximum Gasteiger partial charge on any atom is 0.573 e. The highest BCUT2D eigenvalue weighted by molar-refractivity contribution is 14.0. The summed E-state index contributed by atoms with van der Waals surface area (Å²) in [7, 11) is 3.94. The Morgan fingerprint density at radius 1 is 1.15 bits per heavy atom. The highest BCUT2D eigenvalue weighted by atomic mass is 127. The van der Waals surface area contributed by atoms with Crippen molar-refractivity contribution in [3.8, 4) is 5.75 Å². The van der Waals surface area contributed by atoms with Crippen LogP contribution in [0.2, 0.25) is 0 Å². The van der Waals surface area contributed by atoms with Gasteiger partial charge in [-0.3, -0.25) is 0 Å². The van der Waals surface area contributed by atoms with Gasteiger partial charge in [-0.2, -0.15) is 0 Å². The van der Waals surface area contributed by atoms with Gasteiger partial charge in [0.1, 0.15) is 5.75 Å². The zero-order valence-corrected chi connectivity index (χ0v) is 17.5. The van der Waals surface area contributed by atoms with Crippen molar-refractivity contribution < 1.29 is 17.9 Å². The Morgan fingerprint density at radius 2 is 1.78 bits per heavy atom. The number of nitrogens with two attached hydrogens (primary N) is 1. The largest absolute Gasteiger partial charge is 0.573 e. The van der Waals surface area contributed by atoms with Crippen molar-refractivity contribution in [3.05, 3.63) is 53.6 Å². The van der Waals surface area contributed by atoms with E-state index in [1.807, 2.05) is 38.1 Å². The van der Waals surface area contributed by atoms with Crippen molar-refractivity contribution in [3.63, 3.8) is 0 Å². The van der Waals surface area contributed by atoms with Gasteiger partial charge in [0, 0.05) is 25.5 Å². The quantitative estimate of drug-likeness (QED) is 0.365. The molecule has 0 aliphatic carbocycles. The second-order valence-electron chi connectivity index (χ2n) is 5.90. The molecular weight excluding hydrogens is 472 g/mol. The number of guanidine groups is 1. The lowest BCUT2D eigenvalue weighted by atomic mass is 10.1. The first-order valence-electron chi connectivity index (χ1n) is 7.83. The number of aliphatic imine (C=N–C) groups is 1. The minimum Gasteiger partial charge on any atom is -0.406 e. The Kier molecular flexibility index (Phi) is 8.20. The van der Waals surface area contributed by atoms with Crippen molar-refractivity contribution in [2.24, 2.45) is 10.7 Å². The molecule has 0 unspecified atom stereocenters. The lowest BCUT2D eigenvalue weighted by molar-refractivity contribution is -0.274. The van der Waals surface area contributed by atoms with Crippen LogP contribution in [-0.2, 0) is 6.54 Å². The summed E-state index contributed by atoms with van der Waals surface area (Å²) in [5, 5.41) is 2.83. The van der Waals surface area contributed by atoms with E-state index < -0.39 is 6.36 Å². The summed E-state index contributed by atoms with van der Waals surface area (Å²) in [5.74, 6) is -0.124. The van der Waals surface area contributed by atoms with E-state index >= 15 is 0 Å². The average molecular weight is 494 g/mol. The number of alkyl halides is 3. The second kappa shape index (κ2) is 9.67. The van der Waals surface area contributed by atoms with E-state index in [0.717, 1.165) is 16.8 Å². The lowest BCUT2D eigenvalue weighted by Gasteiger charge is -2.14. The molecule has 5 nitrogen and oxygen atoms in total. The molecule has 0 radical (unpaired) electrons. The van der Waals surface area contributed by atoms with Gasteiger partial charge in [0.2, 0.25) is 0 Å². The lowest BCUT2D eigenvalue weighted by Crippen LogP contribution is -2.22. The zero-order chi connectivity index (χ0) is 19.3. The number of aryl methyl sites for hydroxylation is 1. The van der Waals surface area contributed by atoms with Gasteiger partial charge in [0.05, 0.1) is 6.54 Å². The van der Waals surface area contributed by atoms with Gasteiger partial charge >= 0.3 is 6.36 Å². The molecule has 0 spiro atoms. The molecule has 0 aliphatic rings. The van der Waals surface area contributed by atoms with Gasteiger partial charge in [0.15, 0.2) is 5.96 Å². The summed E-state index contributed by atoms with van der Waals surface area (Å²) in [6, 6.07) is 11.3. The molecule has 148 valence electrons. The number of ether oxygens (including phenoxy) is 1. The predicted molar refractivity (Wildman–Crippen MR) is 113 cm³/mol. The molecule has 3 N–H and O–H groups in total. The van der Waals surface area contributed by atoms with Crippen LogP contribution in [0.1, 0.15) is 11.1 Å². The summed E-state index contributed by atoms with van der Waals surface area (Å²) in [6.45, 7) is 2.40. The monoisotopic (exact) mass is 494 g/mol. The SMILES string of the molecule is Cc1cc(N(C)C)ccc1CN=C(N)Nc1ccc(OC(F)(F)F)cc1.I. The van der Waals surface area contributed by atoms with Crippen molar-refractivity contribution in [2.45, 2.75) is 19.8 Å². The van der Waals surface area contributed by atoms with Crippen LogP contribution < -0.4 is 20.7 Å². The fourth-order valence-electron chi connectivity index (χ4n) is 2.23. The van der Waals surface area contributed by atoms with E-state index in [4.69, 9.17) is 5.73 Å². The molecule has 2 rings (SSSR count). The van der Waals surface area contributed by atoms with E-state index in [-0.39, 0.29) is 35.7 Å². The van der Waals surface area contributed by atoms with Gasteiger partial charge in [-0.25, -0.2) is 4.99 Å². The third-order valence-electron chi connectivity index (χ3n) is 3.62. The Bertz CT molecular complexity index is 777. The Balaban J connectivity index is 0.00000364. The summed E-state index contributed by atoms with van der Waals surface area (Å²) < 4.78 is 40.2. The van der Waals surface area contributed by atoms with Crippen molar-refractivity contribution in [2.75, 3.05) is 24.3 Å². The third kappa shape index (κ3) is 7.53. The maximum atomic E-state index is 12.1. The summed E-state index contributed by atoms with van der Waals surface area (Å²) in [6.07, 6.45) is -4.71. The van der Waals surface area contributed by atoms with E-state index in [2.05, 4.69) is 21.1 Å². The van der Waals surface area contributed by atoms with Crippen LogP contribution in [0.4, 0.5) is 24.5 Å². The van der Waals surface area contributed by atoms with Crippen LogP contribution in [0.3, 0.4) is 0 Å². The molecule has 0 saturated heterocycles. The fraction of sp³-hybridized carbons (Fsp3) is 0.278. The number of benzene rings is 2. The van der Waals surface area contributed by atoms with Crippen molar-refractivity contribution in [1.82, 2.24) is 0 Å². The molecule has 0 aromatic heterocycles. The number of hydrogen-bond acceptors (Lipinski definition) is 3. The highest BCUT2D eigenvalue weighted by Gasteiger charge is 2.30. The first-order valence-corrected chi connectivity index (χ1v) is 7.83. The summed E-state index contributed by atoms with van der Waals surface area (Å²) in [4.78, 5) is 6.28. The van der Waals surface area contributed by atoms with Crippen LogP contribution in [-0.4, -0.2) is 26.4 Å². The first kappa shape index (κ1) is 22.9. The van der Waals surface area contributed by atoms with Gasteiger partial charge in [-0.15, -0.1) is 37.1 Å². The van der Waals surface area contributed by atoms with Gasteiger partial charge < -0.3 is 20.7 Å². The van der Waals surface area contributed by atoms with Crippen LogP contribution in [0.15, 0.2) is 47.5 Å². The van der Waals surface area contributed by atoms with Crippen molar-refractivity contribution >= 4 is 41.3 Å². The molecule has 0 fully saturated rings.